The Labute approximate surface area is 377 Å². The highest BCUT2D eigenvalue weighted by atomic mass is 16.6. The van der Waals surface area contributed by atoms with E-state index in [4.69, 9.17) is 48.4 Å². The van der Waals surface area contributed by atoms with Crippen molar-refractivity contribution in [3.05, 3.63) is 162 Å². The van der Waals surface area contributed by atoms with Crippen molar-refractivity contribution in [1.82, 2.24) is 10.3 Å². The van der Waals surface area contributed by atoms with Crippen molar-refractivity contribution >= 4 is 17.8 Å². The number of carbonyl (C=O) groups is 3. The monoisotopic (exact) mass is 893 g/mol. The average molecular weight is 894 g/mol. The Morgan fingerprint density at radius 2 is 1.00 bits per heavy atom. The van der Waals surface area contributed by atoms with E-state index in [1.807, 2.05) is 121 Å². The molecule has 2 fully saturated rings. The molecule has 7 rings (SSSR count). The van der Waals surface area contributed by atoms with E-state index in [0.717, 1.165) is 22.3 Å². The van der Waals surface area contributed by atoms with Crippen LogP contribution in [0.2, 0.25) is 0 Å². The molecule has 3 heterocycles. The van der Waals surface area contributed by atoms with Gasteiger partial charge in [-0.15, -0.1) is 0 Å². The lowest BCUT2D eigenvalue weighted by Gasteiger charge is -2.26. The summed E-state index contributed by atoms with van der Waals surface area (Å²) >= 11 is 0. The first-order valence-electron chi connectivity index (χ1n) is 21.2. The first kappa shape index (κ1) is 48.2. The molecule has 16 heteroatoms. The van der Waals surface area contributed by atoms with Gasteiger partial charge in [0.2, 0.25) is 0 Å². The summed E-state index contributed by atoms with van der Waals surface area (Å²) in [6, 6.07) is 38.4. The van der Waals surface area contributed by atoms with E-state index in [1.165, 1.54) is 19.4 Å². The number of hydrogen-bond acceptors (Lipinski definition) is 15. The van der Waals surface area contributed by atoms with Gasteiger partial charge in [0.15, 0.2) is 23.2 Å². The number of methoxy groups -OCH3 is 1. The summed E-state index contributed by atoms with van der Waals surface area (Å²) in [5.41, 5.74) is 9.48. The molecule has 0 unspecified atom stereocenters. The summed E-state index contributed by atoms with van der Waals surface area (Å²) in [4.78, 5) is 41.5. The van der Waals surface area contributed by atoms with Crippen LogP contribution in [-0.2, 0) is 73.9 Å². The molecule has 2 aliphatic heterocycles. The summed E-state index contributed by atoms with van der Waals surface area (Å²) in [5, 5.41) is 12.8. The molecule has 16 nitrogen and oxygen atoms in total. The van der Waals surface area contributed by atoms with Gasteiger partial charge in [-0.25, -0.2) is 9.78 Å². The Morgan fingerprint density at radius 1 is 0.600 bits per heavy atom. The Morgan fingerprint density at radius 3 is 1.43 bits per heavy atom. The number of nitrogens with two attached hydrogens (primary N) is 1. The molecule has 0 spiro atoms. The number of esters is 2. The molecule has 0 bridgehead atoms. The van der Waals surface area contributed by atoms with Gasteiger partial charge in [-0.1, -0.05) is 121 Å². The molecule has 5 aromatic rings. The van der Waals surface area contributed by atoms with E-state index < -0.39 is 54.0 Å². The van der Waals surface area contributed by atoms with Gasteiger partial charge in [0.1, 0.15) is 43.7 Å². The van der Waals surface area contributed by atoms with Crippen LogP contribution in [0.25, 0.3) is 0 Å². The van der Waals surface area contributed by atoms with Crippen LogP contribution >= 0.6 is 0 Å². The third-order valence-corrected chi connectivity index (χ3v) is 10.2. The lowest BCUT2D eigenvalue weighted by atomic mass is 10.2. The van der Waals surface area contributed by atoms with Crippen molar-refractivity contribution in [2.75, 3.05) is 46.8 Å². The fourth-order valence-electron chi connectivity index (χ4n) is 6.54. The molecule has 65 heavy (non-hydrogen) atoms. The Balaban J connectivity index is 0.000000228. The zero-order chi connectivity index (χ0) is 45.6. The molecule has 344 valence electrons. The van der Waals surface area contributed by atoms with Crippen LogP contribution in [0.4, 0.5) is 0 Å². The second-order valence-corrected chi connectivity index (χ2v) is 15.0. The maximum Gasteiger partial charge on any atom is 0.331 e. The van der Waals surface area contributed by atoms with Gasteiger partial charge in [0, 0.05) is 12.3 Å². The van der Waals surface area contributed by atoms with Crippen molar-refractivity contribution in [2.24, 2.45) is 5.73 Å². The van der Waals surface area contributed by atoms with E-state index >= 15 is 0 Å². The molecule has 4 N–H and O–H groups in total. The molecule has 2 aliphatic rings. The molecule has 1 amide bonds. The quantitative estimate of drug-likeness (QED) is 0.122. The van der Waals surface area contributed by atoms with Crippen molar-refractivity contribution in [3.8, 4) is 11.5 Å². The number of benzene rings is 4. The summed E-state index contributed by atoms with van der Waals surface area (Å²) in [5.74, 6) is -2.34. The fraction of sp³-hybridized carbons (Fsp3) is 0.347. The number of pyridine rings is 1. The number of hydrogen-bond donors (Lipinski definition) is 3. The Kier molecular flexibility index (Phi) is 19.2. The lowest BCUT2D eigenvalue weighted by Crippen LogP contribution is -2.45. The maximum atomic E-state index is 12.9. The predicted molar refractivity (Wildman–Crippen MR) is 235 cm³/mol. The molecule has 4 aromatic carbocycles. The number of cyclic esters (lactones) is 2. The maximum absolute atomic E-state index is 12.9. The van der Waals surface area contributed by atoms with E-state index in [9.17, 15) is 19.5 Å². The minimum atomic E-state index is -1.14. The first-order valence-corrected chi connectivity index (χ1v) is 21.2. The molecule has 0 aliphatic carbocycles. The summed E-state index contributed by atoms with van der Waals surface area (Å²) < 4.78 is 51.6. The minimum absolute atomic E-state index is 0.0716. The lowest BCUT2D eigenvalue weighted by molar-refractivity contribution is -0.156. The smallest absolute Gasteiger partial charge is 0.331 e. The molecule has 0 saturated carbocycles. The second kappa shape index (κ2) is 25.9. The van der Waals surface area contributed by atoms with Gasteiger partial charge in [0.05, 0.1) is 60.0 Å². The number of nitrogens with zero attached hydrogens (tertiary/aromatic N) is 1. The van der Waals surface area contributed by atoms with Crippen molar-refractivity contribution in [2.45, 2.75) is 62.9 Å². The molecular weight excluding hydrogens is 839 g/mol. The predicted octanol–water partition coefficient (Wildman–Crippen LogP) is 4.70. The van der Waals surface area contributed by atoms with Gasteiger partial charge in [-0.2, -0.15) is 0 Å². The van der Waals surface area contributed by atoms with Gasteiger partial charge >= 0.3 is 11.9 Å². The Bertz CT molecular complexity index is 2190. The van der Waals surface area contributed by atoms with Crippen LogP contribution in [0.3, 0.4) is 0 Å². The van der Waals surface area contributed by atoms with Crippen LogP contribution in [0.5, 0.6) is 11.5 Å². The third-order valence-electron chi connectivity index (χ3n) is 10.2. The van der Waals surface area contributed by atoms with Crippen molar-refractivity contribution in [1.29, 1.82) is 0 Å². The number of aromatic nitrogens is 1. The standard InChI is InChI=1S/C28H30N2O8.C21H25NO5/c1-34-22-12-13-29-25(26(22)31)27(32)30-21-16-35-17-23(36-14-19-8-4-2-5-9-19)24(18-38-28(21)33)37-15-20-10-6-3-7-11-20;22-18-13-24-14-19(25-11-16-7-3-1-4-8-16)20(15-27-21(18)23)26-12-17-9-5-2-6-10-17/h2-13,21,23-24,31H,14-18H2,1H3,(H,30,32);1-10,18-20H,11-15,22H2/t21-,23-,24-;18-,19-,20-/m00/s1. The van der Waals surface area contributed by atoms with Gasteiger partial charge in [0.25, 0.3) is 5.91 Å². The molecule has 1 aromatic heterocycles. The zero-order valence-electron chi connectivity index (χ0n) is 36.1. The van der Waals surface area contributed by atoms with Crippen molar-refractivity contribution in [3.63, 3.8) is 0 Å². The van der Waals surface area contributed by atoms with E-state index in [1.54, 1.807) is 0 Å². The number of ether oxygens (including phenoxy) is 9. The van der Waals surface area contributed by atoms with E-state index in [2.05, 4.69) is 10.3 Å². The minimum Gasteiger partial charge on any atom is -0.503 e. The number of amides is 1. The fourth-order valence-corrected chi connectivity index (χ4v) is 6.54. The second-order valence-electron chi connectivity index (χ2n) is 15.0. The topological polar surface area (TPSA) is 205 Å². The highest BCUT2D eigenvalue weighted by Crippen LogP contribution is 2.27. The van der Waals surface area contributed by atoms with Crippen LogP contribution in [0, 0.1) is 0 Å². The van der Waals surface area contributed by atoms with Gasteiger partial charge in [-0.05, 0) is 22.3 Å². The molecular formula is C49H55N3O13. The highest BCUT2D eigenvalue weighted by molar-refractivity contribution is 5.98. The van der Waals surface area contributed by atoms with Crippen molar-refractivity contribution < 1.29 is 62.1 Å². The zero-order valence-corrected chi connectivity index (χ0v) is 36.1. The van der Waals surface area contributed by atoms with Gasteiger partial charge < -0.3 is 58.8 Å². The number of nitrogens with one attached hydrogen (secondary N) is 1. The third kappa shape index (κ3) is 15.5. The summed E-state index contributed by atoms with van der Waals surface area (Å²) in [6.07, 6.45) is -0.698. The number of carbonyl (C=O) groups excluding carboxylic acids is 3. The number of aromatic hydroxyl groups is 1. The average Bonchev–Trinajstić information content (AvgIpc) is 3.45. The van der Waals surface area contributed by atoms with Gasteiger partial charge in [-0.3, -0.25) is 9.59 Å². The van der Waals surface area contributed by atoms with E-state index in [-0.39, 0.29) is 63.8 Å². The van der Waals surface area contributed by atoms with Crippen LogP contribution in [0.1, 0.15) is 32.7 Å². The highest BCUT2D eigenvalue weighted by Gasteiger charge is 2.33. The molecule has 6 atom stereocenters. The Hall–Kier alpha value is -6.24. The van der Waals surface area contributed by atoms with Crippen LogP contribution in [0.15, 0.2) is 134 Å². The normalized spacial score (nSPS) is 21.5. The summed E-state index contributed by atoms with van der Waals surface area (Å²) in [7, 11) is 1.35. The first-order chi connectivity index (χ1) is 31.8. The number of rotatable bonds is 15. The summed E-state index contributed by atoms with van der Waals surface area (Å²) in [6.45, 7) is 1.66. The SMILES string of the molecule is COc1ccnc(C(=O)N[C@H]2COC[C@H](OCc3ccccc3)[C@@H](OCc3ccccc3)COC2=O)c1O.N[C@H]1COC[C@H](OCc2ccccc2)[C@@H](OCc2ccccc2)COC1=O. The molecule has 2 saturated heterocycles. The molecule has 0 radical (unpaired) electrons. The van der Waals surface area contributed by atoms with E-state index in [0.29, 0.717) is 19.8 Å². The van der Waals surface area contributed by atoms with Crippen LogP contribution < -0.4 is 15.8 Å². The van der Waals surface area contributed by atoms with Crippen LogP contribution in [-0.4, -0.2) is 111 Å². The largest absolute Gasteiger partial charge is 0.503 e.